The topological polar surface area (TPSA) is 51.8 Å². The first-order valence-electron chi connectivity index (χ1n) is 7.43. The van der Waals surface area contributed by atoms with Crippen LogP contribution >= 0.6 is 34.5 Å². The number of halogens is 2. The van der Waals surface area contributed by atoms with E-state index in [2.05, 4.69) is 10.1 Å². The van der Waals surface area contributed by atoms with Crippen LogP contribution in [-0.4, -0.2) is 15.1 Å². The normalized spacial score (nSPS) is 11.0. The van der Waals surface area contributed by atoms with Crippen molar-refractivity contribution in [2.24, 2.45) is 0 Å². The first-order chi connectivity index (χ1) is 12.1. The summed E-state index contributed by atoms with van der Waals surface area (Å²) in [5, 5.41) is 7.99. The van der Waals surface area contributed by atoms with Crippen molar-refractivity contribution in [3.05, 3.63) is 63.8 Å². The van der Waals surface area contributed by atoms with Gasteiger partial charge in [-0.2, -0.15) is 0 Å². The maximum atomic E-state index is 6.34. The molecule has 0 fully saturated rings. The van der Waals surface area contributed by atoms with Gasteiger partial charge in [-0.1, -0.05) is 40.5 Å². The van der Waals surface area contributed by atoms with E-state index in [0.29, 0.717) is 27.1 Å². The van der Waals surface area contributed by atoms with Crippen molar-refractivity contribution in [2.75, 3.05) is 0 Å². The van der Waals surface area contributed by atoms with E-state index in [9.17, 15) is 0 Å². The van der Waals surface area contributed by atoms with Crippen LogP contribution < -0.4 is 0 Å². The Kier molecular flexibility index (Phi) is 4.29. The van der Waals surface area contributed by atoms with Crippen LogP contribution in [-0.2, 0) is 0 Å². The van der Waals surface area contributed by atoms with Gasteiger partial charge in [0.05, 0.1) is 27.0 Å². The molecule has 4 rings (SSSR count). The van der Waals surface area contributed by atoms with Gasteiger partial charge in [0.2, 0.25) is 0 Å². The Labute approximate surface area is 158 Å². The molecule has 1 aromatic carbocycles. The lowest BCUT2D eigenvalue weighted by Crippen LogP contribution is -1.88. The molecule has 3 heterocycles. The highest BCUT2D eigenvalue weighted by molar-refractivity contribution is 7.13. The SMILES string of the molecule is Cc1onc(-c2c(Cl)cccc2Cl)c1-c1csc(-c2ccccn2)n1. The van der Waals surface area contributed by atoms with Gasteiger partial charge in [-0.25, -0.2) is 4.98 Å². The minimum Gasteiger partial charge on any atom is -0.360 e. The summed E-state index contributed by atoms with van der Waals surface area (Å²) < 4.78 is 5.41. The van der Waals surface area contributed by atoms with E-state index in [0.717, 1.165) is 22.0 Å². The number of aromatic nitrogens is 3. The number of rotatable bonds is 3. The van der Waals surface area contributed by atoms with Gasteiger partial charge >= 0.3 is 0 Å². The Morgan fingerprint density at radius 3 is 2.48 bits per heavy atom. The number of thiazole rings is 1. The van der Waals surface area contributed by atoms with Gasteiger partial charge in [-0.3, -0.25) is 4.98 Å². The molecule has 0 atom stereocenters. The molecule has 0 radical (unpaired) electrons. The Balaban J connectivity index is 1.86. The van der Waals surface area contributed by atoms with E-state index in [4.69, 9.17) is 32.7 Å². The van der Waals surface area contributed by atoms with Crippen LogP contribution in [0.25, 0.3) is 33.2 Å². The average Bonchev–Trinajstić information content (AvgIpc) is 3.23. The van der Waals surface area contributed by atoms with Crippen LogP contribution in [0.4, 0.5) is 0 Å². The molecule has 3 aromatic heterocycles. The summed E-state index contributed by atoms with van der Waals surface area (Å²) in [7, 11) is 0. The number of pyridine rings is 1. The first-order valence-corrected chi connectivity index (χ1v) is 9.06. The Morgan fingerprint density at radius 2 is 1.76 bits per heavy atom. The predicted molar refractivity (Wildman–Crippen MR) is 101 cm³/mol. The van der Waals surface area contributed by atoms with Crippen LogP contribution in [0.2, 0.25) is 10.0 Å². The molecule has 0 aliphatic heterocycles. The molecule has 0 amide bonds. The van der Waals surface area contributed by atoms with E-state index >= 15 is 0 Å². The molecule has 0 aliphatic carbocycles. The van der Waals surface area contributed by atoms with Crippen molar-refractivity contribution in [2.45, 2.75) is 6.92 Å². The molecule has 0 saturated carbocycles. The van der Waals surface area contributed by atoms with Crippen LogP contribution in [0.1, 0.15) is 5.76 Å². The highest BCUT2D eigenvalue weighted by atomic mass is 35.5. The Bertz CT molecular complexity index is 1020. The second-order valence-electron chi connectivity index (χ2n) is 5.31. The van der Waals surface area contributed by atoms with Crippen molar-refractivity contribution in [3.8, 4) is 33.2 Å². The van der Waals surface area contributed by atoms with Gasteiger partial charge in [0, 0.05) is 17.1 Å². The number of aryl methyl sites for hydroxylation is 1. The van der Waals surface area contributed by atoms with Gasteiger partial charge in [0.1, 0.15) is 16.5 Å². The lowest BCUT2D eigenvalue weighted by Gasteiger charge is -2.05. The summed E-state index contributed by atoms with van der Waals surface area (Å²) in [5.41, 5.74) is 3.60. The summed E-state index contributed by atoms with van der Waals surface area (Å²) in [6.07, 6.45) is 1.75. The molecule has 4 aromatic rings. The molecule has 0 N–H and O–H groups in total. The summed E-state index contributed by atoms with van der Waals surface area (Å²) in [6, 6.07) is 11.1. The highest BCUT2D eigenvalue weighted by Gasteiger charge is 2.23. The van der Waals surface area contributed by atoms with Gasteiger partial charge < -0.3 is 4.52 Å². The zero-order valence-electron chi connectivity index (χ0n) is 13.0. The van der Waals surface area contributed by atoms with Crippen LogP contribution in [0, 0.1) is 6.92 Å². The maximum Gasteiger partial charge on any atom is 0.143 e. The largest absolute Gasteiger partial charge is 0.360 e. The number of hydrogen-bond donors (Lipinski definition) is 0. The second-order valence-corrected chi connectivity index (χ2v) is 6.98. The third kappa shape index (κ3) is 2.95. The zero-order valence-corrected chi connectivity index (χ0v) is 15.4. The fourth-order valence-electron chi connectivity index (χ4n) is 2.56. The minimum atomic E-state index is 0.516. The van der Waals surface area contributed by atoms with E-state index in [1.54, 1.807) is 24.4 Å². The zero-order chi connectivity index (χ0) is 17.4. The molecular weight excluding hydrogens is 377 g/mol. The van der Waals surface area contributed by atoms with Crippen LogP contribution in [0.15, 0.2) is 52.5 Å². The molecule has 25 heavy (non-hydrogen) atoms. The van der Waals surface area contributed by atoms with Crippen molar-refractivity contribution < 1.29 is 4.52 Å². The Morgan fingerprint density at radius 1 is 0.960 bits per heavy atom. The van der Waals surface area contributed by atoms with Gasteiger partial charge in [-0.15, -0.1) is 11.3 Å². The summed E-state index contributed by atoms with van der Waals surface area (Å²) in [4.78, 5) is 9.04. The van der Waals surface area contributed by atoms with Crippen LogP contribution in [0.5, 0.6) is 0 Å². The van der Waals surface area contributed by atoms with Gasteiger partial charge in [0.15, 0.2) is 0 Å². The quantitative estimate of drug-likeness (QED) is 0.423. The highest BCUT2D eigenvalue weighted by Crippen LogP contribution is 2.41. The fraction of sp³-hybridized carbons (Fsp3) is 0.0556. The number of benzene rings is 1. The van der Waals surface area contributed by atoms with Gasteiger partial charge in [-0.05, 0) is 31.2 Å². The van der Waals surface area contributed by atoms with E-state index in [-0.39, 0.29) is 0 Å². The molecule has 0 unspecified atom stereocenters. The maximum absolute atomic E-state index is 6.34. The standard InChI is InChI=1S/C18H11Cl2N3OS/c1-10-15(14-9-25-18(22-14)13-7-2-3-8-21-13)17(23-24-10)16-11(19)5-4-6-12(16)20/h2-9H,1H3. The molecule has 7 heteroatoms. The molecular formula is C18H11Cl2N3OS. The second kappa shape index (κ2) is 6.59. The first kappa shape index (κ1) is 16.3. The molecule has 4 nitrogen and oxygen atoms in total. The van der Waals surface area contributed by atoms with E-state index < -0.39 is 0 Å². The third-order valence-electron chi connectivity index (χ3n) is 3.71. The molecule has 0 bridgehead atoms. The van der Waals surface area contributed by atoms with E-state index in [1.165, 1.54) is 11.3 Å². The lowest BCUT2D eigenvalue weighted by molar-refractivity contribution is 0.400. The number of nitrogens with zero attached hydrogens (tertiary/aromatic N) is 3. The van der Waals surface area contributed by atoms with Crippen molar-refractivity contribution >= 4 is 34.5 Å². The van der Waals surface area contributed by atoms with E-state index in [1.807, 2.05) is 30.5 Å². The molecule has 0 spiro atoms. The minimum absolute atomic E-state index is 0.516. The third-order valence-corrected chi connectivity index (χ3v) is 5.20. The fourth-order valence-corrected chi connectivity index (χ4v) is 3.93. The van der Waals surface area contributed by atoms with Crippen molar-refractivity contribution in [1.82, 2.24) is 15.1 Å². The van der Waals surface area contributed by atoms with Crippen LogP contribution in [0.3, 0.4) is 0 Å². The van der Waals surface area contributed by atoms with Crippen molar-refractivity contribution in [1.29, 1.82) is 0 Å². The molecule has 0 aliphatic rings. The lowest BCUT2D eigenvalue weighted by atomic mass is 10.0. The Hall–Kier alpha value is -2.21. The smallest absolute Gasteiger partial charge is 0.143 e. The summed E-state index contributed by atoms with van der Waals surface area (Å²) >= 11 is 14.2. The average molecular weight is 388 g/mol. The summed E-state index contributed by atoms with van der Waals surface area (Å²) in [6.45, 7) is 1.84. The predicted octanol–water partition coefficient (Wildman–Crippen LogP) is 6.14. The molecule has 124 valence electrons. The monoisotopic (exact) mass is 387 g/mol. The van der Waals surface area contributed by atoms with Crippen molar-refractivity contribution in [3.63, 3.8) is 0 Å². The summed E-state index contributed by atoms with van der Waals surface area (Å²) in [5.74, 6) is 0.656. The number of hydrogen-bond acceptors (Lipinski definition) is 5. The van der Waals surface area contributed by atoms with Gasteiger partial charge in [0.25, 0.3) is 0 Å². The molecule has 0 saturated heterocycles.